The molecule has 0 aromatic heterocycles. The Kier molecular flexibility index (Phi) is 6.20. The summed E-state index contributed by atoms with van der Waals surface area (Å²) >= 11 is 0. The van der Waals surface area contributed by atoms with E-state index in [2.05, 4.69) is 5.32 Å². The first-order chi connectivity index (χ1) is 12.8. The number of hydrogen-bond acceptors (Lipinski definition) is 7. The van der Waals surface area contributed by atoms with Gasteiger partial charge in [0.15, 0.2) is 19.7 Å². The van der Waals surface area contributed by atoms with E-state index in [1.807, 2.05) is 0 Å². The third kappa shape index (κ3) is 6.13. The average Bonchev–Trinajstić information content (AvgIpc) is 2.58. The Balaban J connectivity index is 2.17. The molecule has 0 atom stereocenters. The standard InChI is InChI=1S/C17H18N2O7S2/c1-27(23,24)11-13-5-3-12(4-6-13)10-18-17(20)14-7-15(19(21)22)9-16(8-14)28(2,25)26/h3-9H,10-11H2,1-2H3,(H,18,20). The van der Waals surface area contributed by atoms with Crippen molar-refractivity contribution in [2.24, 2.45) is 0 Å². The topological polar surface area (TPSA) is 141 Å². The van der Waals surface area contributed by atoms with Crippen molar-refractivity contribution in [1.29, 1.82) is 0 Å². The van der Waals surface area contributed by atoms with Crippen LogP contribution in [-0.4, -0.2) is 40.2 Å². The normalized spacial score (nSPS) is 11.8. The maximum Gasteiger partial charge on any atom is 0.271 e. The van der Waals surface area contributed by atoms with E-state index in [1.54, 1.807) is 24.3 Å². The van der Waals surface area contributed by atoms with E-state index in [-0.39, 0.29) is 22.8 Å². The molecule has 2 rings (SSSR count). The average molecular weight is 426 g/mol. The minimum absolute atomic E-state index is 0.0783. The maximum atomic E-state index is 12.3. The Morgan fingerprint density at radius 3 is 2.07 bits per heavy atom. The van der Waals surface area contributed by atoms with Crippen LogP contribution in [0.4, 0.5) is 5.69 Å². The highest BCUT2D eigenvalue weighted by Crippen LogP contribution is 2.21. The second-order valence-electron chi connectivity index (χ2n) is 6.31. The van der Waals surface area contributed by atoms with Gasteiger partial charge in [0.05, 0.1) is 15.6 Å². The second-order valence-corrected chi connectivity index (χ2v) is 10.5. The molecule has 0 aliphatic rings. The first-order valence-corrected chi connectivity index (χ1v) is 11.8. The number of sulfone groups is 2. The van der Waals surface area contributed by atoms with Gasteiger partial charge in [0, 0.05) is 36.8 Å². The summed E-state index contributed by atoms with van der Waals surface area (Å²) < 4.78 is 46.0. The Morgan fingerprint density at radius 1 is 1.00 bits per heavy atom. The van der Waals surface area contributed by atoms with Crippen LogP contribution < -0.4 is 5.32 Å². The molecule has 0 fully saturated rings. The van der Waals surface area contributed by atoms with Gasteiger partial charge in [-0.25, -0.2) is 16.8 Å². The van der Waals surface area contributed by atoms with E-state index in [9.17, 15) is 31.7 Å². The van der Waals surface area contributed by atoms with Crippen molar-refractivity contribution in [3.63, 3.8) is 0 Å². The molecule has 0 radical (unpaired) electrons. The summed E-state index contributed by atoms with van der Waals surface area (Å²) in [6, 6.07) is 9.51. The molecule has 0 saturated carbocycles. The fourth-order valence-electron chi connectivity index (χ4n) is 2.37. The highest BCUT2D eigenvalue weighted by Gasteiger charge is 2.19. The summed E-state index contributed by atoms with van der Waals surface area (Å²) in [5, 5.41) is 13.6. The van der Waals surface area contributed by atoms with E-state index in [0.29, 0.717) is 11.1 Å². The molecule has 0 heterocycles. The third-order valence-corrected chi connectivity index (χ3v) is 5.65. The molecule has 11 heteroatoms. The molecule has 0 saturated heterocycles. The predicted molar refractivity (Wildman–Crippen MR) is 102 cm³/mol. The second kappa shape index (κ2) is 8.07. The molecule has 2 aromatic carbocycles. The summed E-state index contributed by atoms with van der Waals surface area (Å²) in [4.78, 5) is 22.2. The summed E-state index contributed by atoms with van der Waals surface area (Å²) in [6.07, 6.45) is 2.02. The van der Waals surface area contributed by atoms with Crippen LogP contribution in [0.15, 0.2) is 47.4 Å². The van der Waals surface area contributed by atoms with Gasteiger partial charge in [-0.15, -0.1) is 0 Å². The number of carbonyl (C=O) groups is 1. The molecule has 0 aliphatic heterocycles. The van der Waals surface area contributed by atoms with Crippen LogP contribution >= 0.6 is 0 Å². The van der Waals surface area contributed by atoms with E-state index in [0.717, 1.165) is 30.7 Å². The van der Waals surface area contributed by atoms with E-state index in [4.69, 9.17) is 0 Å². The quantitative estimate of drug-likeness (QED) is 0.522. The lowest BCUT2D eigenvalue weighted by Crippen LogP contribution is -2.23. The Bertz CT molecular complexity index is 1120. The summed E-state index contributed by atoms with van der Waals surface area (Å²) in [6.45, 7) is 0.0783. The highest BCUT2D eigenvalue weighted by atomic mass is 32.2. The number of nitrogens with zero attached hydrogens (tertiary/aromatic N) is 1. The number of rotatable bonds is 7. The Labute approximate surface area is 162 Å². The van der Waals surface area contributed by atoms with Crippen molar-refractivity contribution in [2.45, 2.75) is 17.2 Å². The molecule has 1 amide bonds. The van der Waals surface area contributed by atoms with Crippen molar-refractivity contribution >= 4 is 31.3 Å². The van der Waals surface area contributed by atoms with Crippen LogP contribution in [0.3, 0.4) is 0 Å². The predicted octanol–water partition coefficient (Wildman–Crippen LogP) is 1.47. The van der Waals surface area contributed by atoms with Gasteiger partial charge in [0.2, 0.25) is 0 Å². The minimum atomic E-state index is -3.74. The SMILES string of the molecule is CS(=O)(=O)Cc1ccc(CNC(=O)c2cc([N+](=O)[O-])cc(S(C)(=O)=O)c2)cc1. The largest absolute Gasteiger partial charge is 0.348 e. The molecular formula is C17H18N2O7S2. The summed E-state index contributed by atoms with van der Waals surface area (Å²) in [5.41, 5.74) is 0.634. The zero-order valence-electron chi connectivity index (χ0n) is 15.1. The zero-order valence-corrected chi connectivity index (χ0v) is 16.7. The lowest BCUT2D eigenvalue weighted by atomic mass is 10.1. The molecule has 2 aromatic rings. The molecule has 28 heavy (non-hydrogen) atoms. The number of nitro benzene ring substituents is 1. The van der Waals surface area contributed by atoms with Crippen molar-refractivity contribution < 1.29 is 26.6 Å². The van der Waals surface area contributed by atoms with Gasteiger partial charge in [-0.2, -0.15) is 0 Å². The Morgan fingerprint density at radius 2 is 1.57 bits per heavy atom. The highest BCUT2D eigenvalue weighted by molar-refractivity contribution is 7.90. The van der Waals surface area contributed by atoms with Crippen LogP contribution in [-0.2, 0) is 32.0 Å². The van der Waals surface area contributed by atoms with Crippen LogP contribution in [0.1, 0.15) is 21.5 Å². The summed E-state index contributed by atoms with van der Waals surface area (Å²) in [7, 11) is -6.89. The molecule has 0 bridgehead atoms. The van der Waals surface area contributed by atoms with Gasteiger partial charge in [0.25, 0.3) is 11.6 Å². The smallest absolute Gasteiger partial charge is 0.271 e. The number of carbonyl (C=O) groups excluding carboxylic acids is 1. The number of amides is 1. The minimum Gasteiger partial charge on any atom is -0.348 e. The monoisotopic (exact) mass is 426 g/mol. The van der Waals surface area contributed by atoms with Gasteiger partial charge < -0.3 is 5.32 Å². The zero-order chi connectivity index (χ0) is 21.1. The fraction of sp³-hybridized carbons (Fsp3) is 0.235. The van der Waals surface area contributed by atoms with Crippen molar-refractivity contribution in [2.75, 3.05) is 12.5 Å². The number of nitrogens with one attached hydrogen (secondary N) is 1. The van der Waals surface area contributed by atoms with Gasteiger partial charge in [-0.05, 0) is 17.2 Å². The molecular weight excluding hydrogens is 408 g/mol. The number of benzene rings is 2. The van der Waals surface area contributed by atoms with Gasteiger partial charge in [-0.3, -0.25) is 14.9 Å². The first-order valence-electron chi connectivity index (χ1n) is 7.88. The van der Waals surface area contributed by atoms with Crippen LogP contribution in [0.5, 0.6) is 0 Å². The lowest BCUT2D eigenvalue weighted by Gasteiger charge is -2.08. The van der Waals surface area contributed by atoms with Crippen molar-refractivity contribution in [1.82, 2.24) is 5.32 Å². The van der Waals surface area contributed by atoms with Crippen LogP contribution in [0, 0.1) is 10.1 Å². The van der Waals surface area contributed by atoms with Gasteiger partial charge in [0.1, 0.15) is 0 Å². The molecule has 1 N–H and O–H groups in total. The maximum absolute atomic E-state index is 12.3. The number of hydrogen-bond donors (Lipinski definition) is 1. The van der Waals surface area contributed by atoms with E-state index in [1.165, 1.54) is 0 Å². The van der Waals surface area contributed by atoms with E-state index >= 15 is 0 Å². The third-order valence-electron chi connectivity index (χ3n) is 3.70. The molecule has 0 unspecified atom stereocenters. The van der Waals surface area contributed by atoms with Crippen LogP contribution in [0.25, 0.3) is 0 Å². The number of non-ortho nitro benzene ring substituents is 1. The Hall–Kier alpha value is -2.79. The molecule has 150 valence electrons. The molecule has 0 aliphatic carbocycles. The lowest BCUT2D eigenvalue weighted by molar-refractivity contribution is -0.385. The van der Waals surface area contributed by atoms with Crippen molar-refractivity contribution in [3.05, 3.63) is 69.3 Å². The van der Waals surface area contributed by atoms with Gasteiger partial charge in [-0.1, -0.05) is 24.3 Å². The number of nitro groups is 1. The van der Waals surface area contributed by atoms with Crippen LogP contribution in [0.2, 0.25) is 0 Å². The van der Waals surface area contributed by atoms with Crippen molar-refractivity contribution in [3.8, 4) is 0 Å². The first kappa shape index (κ1) is 21.5. The van der Waals surface area contributed by atoms with E-state index < -0.39 is 36.2 Å². The summed E-state index contributed by atoms with van der Waals surface area (Å²) in [5.74, 6) is -0.768. The van der Waals surface area contributed by atoms with Gasteiger partial charge >= 0.3 is 0 Å². The molecule has 0 spiro atoms. The fourth-order valence-corrected chi connectivity index (χ4v) is 3.85. The molecule has 9 nitrogen and oxygen atoms in total.